The molecule has 0 aliphatic heterocycles. The summed E-state index contributed by atoms with van der Waals surface area (Å²) in [6, 6.07) is 1.77. The van der Waals surface area contributed by atoms with E-state index < -0.39 is 5.60 Å². The van der Waals surface area contributed by atoms with Gasteiger partial charge < -0.3 is 9.52 Å². The molecule has 0 aromatic carbocycles. The predicted octanol–water partition coefficient (Wildman–Crippen LogP) is 1.45. The third kappa shape index (κ3) is 1.40. The fourth-order valence-corrected chi connectivity index (χ4v) is 1.09. The standard InChI is InChI=1S/C9H10N2O2/c1-9(2,12)6-3-7-8(10-4-6)13-5-11-7/h3-5,12H,1-2H3. The van der Waals surface area contributed by atoms with Crippen molar-refractivity contribution in [3.8, 4) is 0 Å². The summed E-state index contributed by atoms with van der Waals surface area (Å²) in [5, 5.41) is 9.69. The van der Waals surface area contributed by atoms with Crippen molar-refractivity contribution in [1.82, 2.24) is 9.97 Å². The molecular weight excluding hydrogens is 168 g/mol. The first-order valence-electron chi connectivity index (χ1n) is 3.99. The van der Waals surface area contributed by atoms with Gasteiger partial charge in [0.05, 0.1) is 5.60 Å². The van der Waals surface area contributed by atoms with Crippen LogP contribution in [0.3, 0.4) is 0 Å². The van der Waals surface area contributed by atoms with E-state index in [0.717, 1.165) is 5.56 Å². The second kappa shape index (κ2) is 2.53. The van der Waals surface area contributed by atoms with Gasteiger partial charge in [-0.25, -0.2) is 9.97 Å². The number of hydrogen-bond acceptors (Lipinski definition) is 4. The Labute approximate surface area is 75.2 Å². The molecule has 2 aromatic heterocycles. The second-order valence-electron chi connectivity index (χ2n) is 3.46. The van der Waals surface area contributed by atoms with Gasteiger partial charge in [-0.15, -0.1) is 0 Å². The van der Waals surface area contributed by atoms with E-state index in [9.17, 15) is 5.11 Å². The molecule has 68 valence electrons. The van der Waals surface area contributed by atoms with Crippen LogP contribution < -0.4 is 0 Å². The maximum absolute atomic E-state index is 9.69. The van der Waals surface area contributed by atoms with Crippen LogP contribution in [0.4, 0.5) is 0 Å². The molecule has 13 heavy (non-hydrogen) atoms. The predicted molar refractivity (Wildman–Crippen MR) is 47.0 cm³/mol. The molecule has 2 rings (SSSR count). The number of aromatic nitrogens is 2. The zero-order valence-electron chi connectivity index (χ0n) is 7.48. The Morgan fingerprint density at radius 1 is 1.38 bits per heavy atom. The fourth-order valence-electron chi connectivity index (χ4n) is 1.09. The number of rotatable bonds is 1. The molecule has 0 radical (unpaired) electrons. The molecule has 0 unspecified atom stereocenters. The van der Waals surface area contributed by atoms with Crippen molar-refractivity contribution < 1.29 is 9.52 Å². The highest BCUT2D eigenvalue weighted by Gasteiger charge is 2.17. The minimum atomic E-state index is -0.889. The number of oxazole rings is 1. The van der Waals surface area contributed by atoms with Gasteiger partial charge in [-0.3, -0.25) is 0 Å². The van der Waals surface area contributed by atoms with Crippen LogP contribution in [0.15, 0.2) is 23.1 Å². The molecule has 4 nitrogen and oxygen atoms in total. The zero-order chi connectivity index (χ0) is 9.47. The summed E-state index contributed by atoms with van der Waals surface area (Å²) in [5.41, 5.74) is 1.00. The summed E-state index contributed by atoms with van der Waals surface area (Å²) in [6.07, 6.45) is 2.93. The molecule has 0 saturated heterocycles. The Morgan fingerprint density at radius 3 is 2.85 bits per heavy atom. The Kier molecular flexibility index (Phi) is 1.60. The number of fused-ring (bicyclic) bond motifs is 1. The molecule has 0 fully saturated rings. The van der Waals surface area contributed by atoms with Crippen LogP contribution in [0, 0.1) is 0 Å². The summed E-state index contributed by atoms with van der Waals surface area (Å²) >= 11 is 0. The molecule has 0 bridgehead atoms. The van der Waals surface area contributed by atoms with Gasteiger partial charge in [-0.1, -0.05) is 0 Å². The Morgan fingerprint density at radius 2 is 2.15 bits per heavy atom. The van der Waals surface area contributed by atoms with Gasteiger partial charge in [0.15, 0.2) is 6.39 Å². The first kappa shape index (κ1) is 8.19. The molecule has 0 spiro atoms. The average Bonchev–Trinajstić information content (AvgIpc) is 2.47. The molecule has 0 amide bonds. The summed E-state index contributed by atoms with van der Waals surface area (Å²) in [7, 11) is 0. The van der Waals surface area contributed by atoms with Crippen LogP contribution in [0.1, 0.15) is 19.4 Å². The number of aliphatic hydroxyl groups is 1. The van der Waals surface area contributed by atoms with Crippen LogP contribution >= 0.6 is 0 Å². The quantitative estimate of drug-likeness (QED) is 0.718. The van der Waals surface area contributed by atoms with Crippen LogP contribution in [-0.2, 0) is 5.60 Å². The lowest BCUT2D eigenvalue weighted by Crippen LogP contribution is -2.15. The highest BCUT2D eigenvalue weighted by molar-refractivity contribution is 5.68. The van der Waals surface area contributed by atoms with Gasteiger partial charge in [0.1, 0.15) is 5.52 Å². The topological polar surface area (TPSA) is 59.2 Å². The van der Waals surface area contributed by atoms with Gasteiger partial charge in [0.25, 0.3) is 0 Å². The van der Waals surface area contributed by atoms with Crippen molar-refractivity contribution in [1.29, 1.82) is 0 Å². The number of hydrogen-bond donors (Lipinski definition) is 1. The average molecular weight is 178 g/mol. The van der Waals surface area contributed by atoms with Crippen molar-refractivity contribution in [2.75, 3.05) is 0 Å². The SMILES string of the molecule is CC(C)(O)c1cnc2ocnc2c1. The van der Waals surface area contributed by atoms with E-state index in [0.29, 0.717) is 11.2 Å². The number of pyridine rings is 1. The smallest absolute Gasteiger partial charge is 0.246 e. The van der Waals surface area contributed by atoms with Crippen LogP contribution in [-0.4, -0.2) is 15.1 Å². The molecule has 2 heterocycles. The highest BCUT2D eigenvalue weighted by Crippen LogP contribution is 2.21. The first-order valence-corrected chi connectivity index (χ1v) is 3.99. The van der Waals surface area contributed by atoms with E-state index in [-0.39, 0.29) is 0 Å². The monoisotopic (exact) mass is 178 g/mol. The third-order valence-corrected chi connectivity index (χ3v) is 1.89. The van der Waals surface area contributed by atoms with E-state index in [1.54, 1.807) is 26.1 Å². The lowest BCUT2D eigenvalue weighted by atomic mass is 10.0. The van der Waals surface area contributed by atoms with Crippen LogP contribution in [0.5, 0.6) is 0 Å². The van der Waals surface area contributed by atoms with Gasteiger partial charge >= 0.3 is 0 Å². The summed E-state index contributed by atoms with van der Waals surface area (Å²) in [5.74, 6) is 0. The molecule has 0 atom stereocenters. The highest BCUT2D eigenvalue weighted by atomic mass is 16.3. The fraction of sp³-hybridized carbons (Fsp3) is 0.333. The van der Waals surface area contributed by atoms with Crippen LogP contribution in [0.2, 0.25) is 0 Å². The largest absolute Gasteiger partial charge is 0.425 e. The first-order chi connectivity index (χ1) is 6.07. The van der Waals surface area contributed by atoms with E-state index in [2.05, 4.69) is 9.97 Å². The van der Waals surface area contributed by atoms with Crippen molar-refractivity contribution in [3.63, 3.8) is 0 Å². The maximum Gasteiger partial charge on any atom is 0.246 e. The van der Waals surface area contributed by atoms with Crippen molar-refractivity contribution in [3.05, 3.63) is 24.2 Å². The van der Waals surface area contributed by atoms with Gasteiger partial charge in [0, 0.05) is 11.8 Å². The van der Waals surface area contributed by atoms with Crippen molar-refractivity contribution >= 4 is 11.2 Å². The molecular formula is C9H10N2O2. The van der Waals surface area contributed by atoms with Gasteiger partial charge in [0.2, 0.25) is 5.71 Å². The zero-order valence-corrected chi connectivity index (χ0v) is 7.48. The lowest BCUT2D eigenvalue weighted by molar-refractivity contribution is 0.0784. The van der Waals surface area contributed by atoms with Gasteiger partial charge in [-0.05, 0) is 19.9 Å². The molecule has 1 N–H and O–H groups in total. The van der Waals surface area contributed by atoms with Crippen LogP contribution in [0.25, 0.3) is 11.2 Å². The second-order valence-corrected chi connectivity index (χ2v) is 3.46. The number of nitrogens with zero attached hydrogens (tertiary/aromatic N) is 2. The maximum atomic E-state index is 9.69. The molecule has 0 saturated carbocycles. The van der Waals surface area contributed by atoms with E-state index in [4.69, 9.17) is 4.42 Å². The normalized spacial score (nSPS) is 12.2. The van der Waals surface area contributed by atoms with Gasteiger partial charge in [-0.2, -0.15) is 0 Å². The summed E-state index contributed by atoms with van der Waals surface area (Å²) in [4.78, 5) is 7.97. The van der Waals surface area contributed by atoms with E-state index >= 15 is 0 Å². The van der Waals surface area contributed by atoms with E-state index in [1.807, 2.05) is 0 Å². The molecule has 2 aromatic rings. The molecule has 4 heteroatoms. The van der Waals surface area contributed by atoms with E-state index in [1.165, 1.54) is 6.39 Å². The Balaban J connectivity index is 2.61. The summed E-state index contributed by atoms with van der Waals surface area (Å²) in [6.45, 7) is 3.41. The Bertz CT molecular complexity index is 428. The molecule has 0 aliphatic carbocycles. The minimum absolute atomic E-state index is 0.494. The minimum Gasteiger partial charge on any atom is -0.425 e. The Hall–Kier alpha value is -1.42. The summed E-state index contributed by atoms with van der Waals surface area (Å²) < 4.78 is 4.98. The third-order valence-electron chi connectivity index (χ3n) is 1.89. The lowest BCUT2D eigenvalue weighted by Gasteiger charge is -2.16. The molecule has 0 aliphatic rings. The van der Waals surface area contributed by atoms with Crippen molar-refractivity contribution in [2.45, 2.75) is 19.4 Å². The van der Waals surface area contributed by atoms with Crippen molar-refractivity contribution in [2.24, 2.45) is 0 Å².